The molecule has 6 rings (SSSR count). The Hall–Kier alpha value is -3.52. The normalized spacial score (nSPS) is 11.8. The summed E-state index contributed by atoms with van der Waals surface area (Å²) in [7, 11) is 0. The summed E-state index contributed by atoms with van der Waals surface area (Å²) in [6.07, 6.45) is 0. The van der Waals surface area contributed by atoms with Crippen molar-refractivity contribution in [2.24, 2.45) is 0 Å². The average molecular weight is 330 g/mol. The van der Waals surface area contributed by atoms with E-state index in [1.165, 1.54) is 21.5 Å². The molecule has 0 N–H and O–H groups in total. The molecule has 0 aliphatic rings. The lowest BCUT2D eigenvalue weighted by Crippen LogP contribution is -1.91. The summed E-state index contributed by atoms with van der Waals surface area (Å²) >= 11 is 0. The molecule has 0 radical (unpaired) electrons. The van der Waals surface area contributed by atoms with E-state index in [9.17, 15) is 0 Å². The molecule has 1 aromatic heterocycles. The van der Waals surface area contributed by atoms with Gasteiger partial charge in [-0.3, -0.25) is 0 Å². The quantitative estimate of drug-likeness (QED) is 0.243. The van der Waals surface area contributed by atoms with Gasteiger partial charge in [0.05, 0.1) is 22.1 Å². The van der Waals surface area contributed by atoms with E-state index in [2.05, 4.69) is 84.9 Å². The second-order valence-corrected chi connectivity index (χ2v) is 6.70. The maximum atomic E-state index is 5.04. The molecule has 0 atom stereocenters. The van der Waals surface area contributed by atoms with E-state index in [-0.39, 0.29) is 0 Å². The van der Waals surface area contributed by atoms with Crippen LogP contribution in [0.1, 0.15) is 0 Å². The molecule has 120 valence electrons. The molecule has 5 aromatic carbocycles. The van der Waals surface area contributed by atoms with Gasteiger partial charge in [0.25, 0.3) is 0 Å². The third kappa shape index (κ3) is 1.81. The summed E-state index contributed by atoms with van der Waals surface area (Å²) in [5, 5.41) is 7.15. The zero-order valence-corrected chi connectivity index (χ0v) is 14.0. The highest BCUT2D eigenvalue weighted by Crippen LogP contribution is 2.34. The van der Waals surface area contributed by atoms with Crippen molar-refractivity contribution in [3.05, 3.63) is 84.9 Å². The van der Waals surface area contributed by atoms with E-state index >= 15 is 0 Å². The van der Waals surface area contributed by atoms with Crippen LogP contribution in [0.3, 0.4) is 0 Å². The first-order chi connectivity index (χ1) is 12.9. The molecule has 0 saturated heterocycles. The number of hydrogen-bond acceptors (Lipinski definition) is 2. The van der Waals surface area contributed by atoms with Gasteiger partial charge < -0.3 is 0 Å². The van der Waals surface area contributed by atoms with E-state index in [1.807, 2.05) is 0 Å². The van der Waals surface area contributed by atoms with Crippen LogP contribution in [0.5, 0.6) is 0 Å². The van der Waals surface area contributed by atoms with Gasteiger partial charge in [0.1, 0.15) is 0 Å². The van der Waals surface area contributed by atoms with Crippen LogP contribution < -0.4 is 0 Å². The Bertz CT molecular complexity index is 1370. The standard InChI is InChI=1S/C24H14N2/c1-2-8-16-14-22-21(13-15(16)7-1)25-23-19-11-5-3-9-17(19)18-10-4-6-12-20(18)24(23)26-22/h1-14H. The predicted octanol–water partition coefficient (Wildman–Crippen LogP) is 6.24. The van der Waals surface area contributed by atoms with E-state index in [0.717, 1.165) is 32.8 Å². The highest BCUT2D eigenvalue weighted by Gasteiger charge is 2.12. The Kier molecular flexibility index (Phi) is 2.64. The zero-order valence-electron chi connectivity index (χ0n) is 14.0. The summed E-state index contributed by atoms with van der Waals surface area (Å²) in [6, 6.07) is 29.6. The summed E-state index contributed by atoms with van der Waals surface area (Å²) in [6.45, 7) is 0. The number of aromatic nitrogens is 2. The van der Waals surface area contributed by atoms with Gasteiger partial charge in [0.15, 0.2) is 0 Å². The fraction of sp³-hybridized carbons (Fsp3) is 0. The van der Waals surface area contributed by atoms with Crippen LogP contribution in [0.4, 0.5) is 0 Å². The van der Waals surface area contributed by atoms with Crippen molar-refractivity contribution < 1.29 is 0 Å². The molecular weight excluding hydrogens is 316 g/mol. The maximum Gasteiger partial charge on any atom is 0.0979 e. The highest BCUT2D eigenvalue weighted by atomic mass is 14.8. The summed E-state index contributed by atoms with van der Waals surface area (Å²) in [5.41, 5.74) is 3.83. The zero-order chi connectivity index (χ0) is 17.1. The fourth-order valence-electron chi connectivity index (χ4n) is 3.97. The monoisotopic (exact) mass is 330 g/mol. The van der Waals surface area contributed by atoms with E-state index < -0.39 is 0 Å². The molecule has 0 aliphatic carbocycles. The van der Waals surface area contributed by atoms with Gasteiger partial charge in [-0.2, -0.15) is 0 Å². The Morgan fingerprint density at radius 1 is 0.423 bits per heavy atom. The molecule has 0 fully saturated rings. The number of fused-ring (bicyclic) bond motifs is 8. The van der Waals surface area contributed by atoms with Gasteiger partial charge in [-0.05, 0) is 33.7 Å². The molecule has 2 heteroatoms. The smallest absolute Gasteiger partial charge is 0.0979 e. The van der Waals surface area contributed by atoms with Gasteiger partial charge >= 0.3 is 0 Å². The van der Waals surface area contributed by atoms with Gasteiger partial charge in [-0.15, -0.1) is 0 Å². The Balaban J connectivity index is 1.91. The topological polar surface area (TPSA) is 25.8 Å². The number of rotatable bonds is 0. The van der Waals surface area contributed by atoms with Crippen molar-refractivity contribution in [2.45, 2.75) is 0 Å². The molecule has 2 nitrogen and oxygen atoms in total. The van der Waals surface area contributed by atoms with Crippen molar-refractivity contribution in [1.82, 2.24) is 9.97 Å². The van der Waals surface area contributed by atoms with Crippen LogP contribution in [-0.2, 0) is 0 Å². The molecule has 0 saturated carbocycles. The van der Waals surface area contributed by atoms with Crippen molar-refractivity contribution in [2.75, 3.05) is 0 Å². The molecule has 0 aliphatic heterocycles. The number of benzene rings is 5. The summed E-state index contributed by atoms with van der Waals surface area (Å²) in [4.78, 5) is 10.1. The van der Waals surface area contributed by atoms with Crippen LogP contribution >= 0.6 is 0 Å². The predicted molar refractivity (Wildman–Crippen MR) is 110 cm³/mol. The second kappa shape index (κ2) is 4.99. The molecule has 0 unspecified atom stereocenters. The molecular formula is C24H14N2. The van der Waals surface area contributed by atoms with Gasteiger partial charge in [0, 0.05) is 10.8 Å². The summed E-state index contributed by atoms with van der Waals surface area (Å²) < 4.78 is 0. The average Bonchev–Trinajstić information content (AvgIpc) is 2.71. The van der Waals surface area contributed by atoms with Crippen LogP contribution in [0.25, 0.3) is 54.4 Å². The van der Waals surface area contributed by atoms with E-state index in [4.69, 9.17) is 9.97 Å². The first kappa shape index (κ1) is 13.7. The fourth-order valence-corrected chi connectivity index (χ4v) is 3.97. The first-order valence-electron chi connectivity index (χ1n) is 8.78. The molecule has 0 bridgehead atoms. The van der Waals surface area contributed by atoms with Gasteiger partial charge in [-0.1, -0.05) is 72.8 Å². The van der Waals surface area contributed by atoms with Gasteiger partial charge in [-0.25, -0.2) is 9.97 Å². The largest absolute Gasteiger partial charge is 0.244 e. The van der Waals surface area contributed by atoms with Crippen LogP contribution in [-0.4, -0.2) is 9.97 Å². The molecule has 6 aromatic rings. The Labute approximate surface area is 149 Å². The van der Waals surface area contributed by atoms with Crippen LogP contribution in [0, 0.1) is 0 Å². The highest BCUT2D eigenvalue weighted by molar-refractivity contribution is 6.23. The van der Waals surface area contributed by atoms with E-state index in [0.29, 0.717) is 0 Å². The summed E-state index contributed by atoms with van der Waals surface area (Å²) in [5.74, 6) is 0. The Morgan fingerprint density at radius 2 is 0.808 bits per heavy atom. The lowest BCUT2D eigenvalue weighted by molar-refractivity contribution is 1.43. The first-order valence-corrected chi connectivity index (χ1v) is 8.78. The lowest BCUT2D eigenvalue weighted by atomic mass is 9.99. The minimum Gasteiger partial charge on any atom is -0.244 e. The lowest BCUT2D eigenvalue weighted by Gasteiger charge is -2.10. The second-order valence-electron chi connectivity index (χ2n) is 6.70. The third-order valence-electron chi connectivity index (χ3n) is 5.19. The molecule has 0 spiro atoms. The van der Waals surface area contributed by atoms with Crippen molar-refractivity contribution >= 4 is 54.4 Å². The Morgan fingerprint density at radius 3 is 1.27 bits per heavy atom. The molecule has 26 heavy (non-hydrogen) atoms. The third-order valence-corrected chi connectivity index (χ3v) is 5.19. The maximum absolute atomic E-state index is 5.04. The van der Waals surface area contributed by atoms with Gasteiger partial charge in [0.2, 0.25) is 0 Å². The molecule has 1 heterocycles. The van der Waals surface area contributed by atoms with E-state index in [1.54, 1.807) is 0 Å². The van der Waals surface area contributed by atoms with Crippen molar-refractivity contribution in [3.63, 3.8) is 0 Å². The van der Waals surface area contributed by atoms with Crippen molar-refractivity contribution in [3.8, 4) is 0 Å². The minimum absolute atomic E-state index is 0.941. The molecule has 0 amide bonds. The SMILES string of the molecule is c1ccc2cc3nc4c5ccccc5c5ccccc5c4nc3cc2c1. The van der Waals surface area contributed by atoms with Crippen LogP contribution in [0.15, 0.2) is 84.9 Å². The number of nitrogens with zero attached hydrogens (tertiary/aromatic N) is 2. The minimum atomic E-state index is 0.941. The number of hydrogen-bond donors (Lipinski definition) is 0. The van der Waals surface area contributed by atoms with Crippen LogP contribution in [0.2, 0.25) is 0 Å². The van der Waals surface area contributed by atoms with Crippen molar-refractivity contribution in [1.29, 1.82) is 0 Å².